The number of carbonyl (C=O) groups is 1. The summed E-state index contributed by atoms with van der Waals surface area (Å²) in [5.41, 5.74) is 0.987. The number of hydrogen-bond donors (Lipinski definition) is 2. The molecule has 1 aromatic rings. The lowest BCUT2D eigenvalue weighted by molar-refractivity contribution is 0.207. The quantitative estimate of drug-likeness (QED) is 0.696. The largest absolute Gasteiger partial charge is 0.493 e. The minimum atomic E-state index is -0.125. The minimum Gasteiger partial charge on any atom is -0.493 e. The van der Waals surface area contributed by atoms with E-state index in [4.69, 9.17) is 9.47 Å². The van der Waals surface area contributed by atoms with Crippen LogP contribution >= 0.6 is 0 Å². The van der Waals surface area contributed by atoms with Gasteiger partial charge in [-0.15, -0.1) is 0 Å². The molecule has 2 rings (SSSR count). The third-order valence-corrected chi connectivity index (χ3v) is 4.75. The predicted octanol–water partition coefficient (Wildman–Crippen LogP) is 3.33. The Hall–Kier alpha value is -1.95. The molecule has 26 heavy (non-hydrogen) atoms. The number of amides is 2. The summed E-state index contributed by atoms with van der Waals surface area (Å²) in [6.07, 6.45) is 4.25. The summed E-state index contributed by atoms with van der Waals surface area (Å²) in [7, 11) is 3.72. The van der Waals surface area contributed by atoms with Crippen LogP contribution < -0.4 is 20.1 Å². The predicted molar refractivity (Wildman–Crippen MR) is 104 cm³/mol. The lowest BCUT2D eigenvalue weighted by Gasteiger charge is -2.30. The SMILES string of the molecule is CCCCOc1ccc([C@@H](C)NC(=O)N[C@H]2CCCN(C)C2)cc1OC. The van der Waals surface area contributed by atoms with Crippen molar-refractivity contribution in [3.63, 3.8) is 0 Å². The topological polar surface area (TPSA) is 62.8 Å². The standard InChI is InChI=1S/C20H33N3O3/c1-5-6-12-26-18-10-9-16(13-19(18)25-4)15(2)21-20(24)22-17-8-7-11-23(3)14-17/h9-10,13,15,17H,5-8,11-12,14H2,1-4H3,(H2,21,22,24)/t15-,17+/m1/s1. The molecule has 1 heterocycles. The van der Waals surface area contributed by atoms with E-state index < -0.39 is 0 Å². The molecule has 2 N–H and O–H groups in total. The van der Waals surface area contributed by atoms with E-state index >= 15 is 0 Å². The molecule has 0 radical (unpaired) electrons. The number of hydrogen-bond acceptors (Lipinski definition) is 4. The van der Waals surface area contributed by atoms with Crippen LogP contribution in [0.5, 0.6) is 11.5 Å². The van der Waals surface area contributed by atoms with Crippen LogP contribution in [0.2, 0.25) is 0 Å². The first-order valence-electron chi connectivity index (χ1n) is 9.59. The molecule has 1 saturated heterocycles. The first kappa shape index (κ1) is 20.4. The van der Waals surface area contributed by atoms with Gasteiger partial charge in [-0.3, -0.25) is 0 Å². The number of likely N-dealkylation sites (tertiary alicyclic amines) is 1. The fourth-order valence-electron chi connectivity index (χ4n) is 3.19. The first-order chi connectivity index (χ1) is 12.5. The first-order valence-corrected chi connectivity index (χ1v) is 9.59. The zero-order valence-electron chi connectivity index (χ0n) is 16.5. The molecule has 1 fully saturated rings. The van der Waals surface area contributed by atoms with Gasteiger partial charge in [0.15, 0.2) is 11.5 Å². The van der Waals surface area contributed by atoms with Crippen molar-refractivity contribution >= 4 is 6.03 Å². The Morgan fingerprint density at radius 2 is 2.19 bits per heavy atom. The van der Waals surface area contributed by atoms with E-state index in [1.54, 1.807) is 7.11 Å². The van der Waals surface area contributed by atoms with Crippen LogP contribution in [0.15, 0.2) is 18.2 Å². The zero-order chi connectivity index (χ0) is 18.9. The van der Waals surface area contributed by atoms with Crippen molar-refractivity contribution in [2.45, 2.75) is 51.6 Å². The highest BCUT2D eigenvalue weighted by molar-refractivity contribution is 5.74. The van der Waals surface area contributed by atoms with Gasteiger partial charge < -0.3 is 25.0 Å². The Morgan fingerprint density at radius 1 is 1.38 bits per heavy atom. The van der Waals surface area contributed by atoms with Crippen LogP contribution in [0.4, 0.5) is 4.79 Å². The number of nitrogens with zero attached hydrogens (tertiary/aromatic N) is 1. The number of ether oxygens (including phenoxy) is 2. The maximum atomic E-state index is 12.3. The summed E-state index contributed by atoms with van der Waals surface area (Å²) in [5, 5.41) is 6.09. The van der Waals surface area contributed by atoms with Crippen molar-refractivity contribution < 1.29 is 14.3 Å². The van der Waals surface area contributed by atoms with Gasteiger partial charge in [0.25, 0.3) is 0 Å². The molecule has 0 spiro atoms. The zero-order valence-corrected chi connectivity index (χ0v) is 16.5. The Kier molecular flexibility index (Phi) is 8.04. The maximum Gasteiger partial charge on any atom is 0.315 e. The maximum absolute atomic E-state index is 12.3. The molecule has 2 amide bonds. The van der Waals surface area contributed by atoms with Gasteiger partial charge in [0.05, 0.1) is 19.8 Å². The third kappa shape index (κ3) is 6.09. The molecular formula is C20H33N3O3. The second kappa shape index (κ2) is 10.3. The van der Waals surface area contributed by atoms with E-state index in [-0.39, 0.29) is 18.1 Å². The fraction of sp³-hybridized carbons (Fsp3) is 0.650. The summed E-state index contributed by atoms with van der Waals surface area (Å²) in [5.74, 6) is 1.44. The van der Waals surface area contributed by atoms with Gasteiger partial charge in [-0.05, 0) is 57.5 Å². The molecular weight excluding hydrogens is 330 g/mol. The van der Waals surface area contributed by atoms with Crippen molar-refractivity contribution in [2.75, 3.05) is 33.9 Å². The van der Waals surface area contributed by atoms with Gasteiger partial charge in [-0.1, -0.05) is 19.4 Å². The average Bonchev–Trinajstić information content (AvgIpc) is 2.62. The van der Waals surface area contributed by atoms with E-state index in [0.717, 1.165) is 50.1 Å². The molecule has 146 valence electrons. The van der Waals surface area contributed by atoms with Crippen LogP contribution in [0, 0.1) is 0 Å². The van der Waals surface area contributed by atoms with Crippen LogP contribution in [0.1, 0.15) is 51.1 Å². The molecule has 0 aliphatic carbocycles. The van der Waals surface area contributed by atoms with Crippen molar-refractivity contribution in [3.8, 4) is 11.5 Å². The molecule has 6 nitrogen and oxygen atoms in total. The molecule has 0 unspecified atom stereocenters. The number of likely N-dealkylation sites (N-methyl/N-ethyl adjacent to an activating group) is 1. The smallest absolute Gasteiger partial charge is 0.315 e. The summed E-state index contributed by atoms with van der Waals surface area (Å²) in [6, 6.07) is 5.79. The number of methoxy groups -OCH3 is 1. The van der Waals surface area contributed by atoms with Crippen molar-refractivity contribution in [1.82, 2.24) is 15.5 Å². The van der Waals surface area contributed by atoms with Gasteiger partial charge in [0.2, 0.25) is 0 Å². The second-order valence-electron chi connectivity index (χ2n) is 7.05. The summed E-state index contributed by atoms with van der Waals surface area (Å²) < 4.78 is 11.2. The van der Waals surface area contributed by atoms with Gasteiger partial charge in [-0.2, -0.15) is 0 Å². The Bertz CT molecular complexity index is 579. The van der Waals surface area contributed by atoms with E-state index in [9.17, 15) is 4.79 Å². The molecule has 1 aliphatic heterocycles. The summed E-state index contributed by atoms with van der Waals surface area (Å²) >= 11 is 0. The number of carbonyl (C=O) groups excluding carboxylic acids is 1. The van der Waals surface area contributed by atoms with Crippen molar-refractivity contribution in [2.24, 2.45) is 0 Å². The molecule has 6 heteroatoms. The Morgan fingerprint density at radius 3 is 2.88 bits per heavy atom. The van der Waals surface area contributed by atoms with Crippen LogP contribution in [0.25, 0.3) is 0 Å². The number of nitrogens with one attached hydrogen (secondary N) is 2. The number of unbranched alkanes of at least 4 members (excludes halogenated alkanes) is 1. The normalized spacial score (nSPS) is 18.8. The summed E-state index contributed by atoms with van der Waals surface area (Å²) in [6.45, 7) is 6.78. The van der Waals surface area contributed by atoms with Crippen LogP contribution in [-0.4, -0.2) is 50.8 Å². The van der Waals surface area contributed by atoms with Gasteiger partial charge >= 0.3 is 6.03 Å². The van der Waals surface area contributed by atoms with Crippen molar-refractivity contribution in [3.05, 3.63) is 23.8 Å². The molecule has 0 aromatic heterocycles. The van der Waals surface area contributed by atoms with E-state index in [0.29, 0.717) is 12.4 Å². The van der Waals surface area contributed by atoms with Crippen LogP contribution in [-0.2, 0) is 0 Å². The highest BCUT2D eigenvalue weighted by Crippen LogP contribution is 2.30. The van der Waals surface area contributed by atoms with Gasteiger partial charge in [-0.25, -0.2) is 4.79 Å². The van der Waals surface area contributed by atoms with E-state index in [2.05, 4.69) is 29.5 Å². The number of urea groups is 1. The number of piperidine rings is 1. The fourth-order valence-corrected chi connectivity index (χ4v) is 3.19. The molecule has 2 atom stereocenters. The second-order valence-corrected chi connectivity index (χ2v) is 7.05. The number of benzene rings is 1. The molecule has 1 aliphatic rings. The highest BCUT2D eigenvalue weighted by atomic mass is 16.5. The van der Waals surface area contributed by atoms with Gasteiger partial charge in [0.1, 0.15) is 0 Å². The lowest BCUT2D eigenvalue weighted by Crippen LogP contribution is -2.49. The number of rotatable bonds is 8. The lowest BCUT2D eigenvalue weighted by atomic mass is 10.1. The Labute approximate surface area is 157 Å². The summed E-state index contributed by atoms with van der Waals surface area (Å²) in [4.78, 5) is 14.6. The van der Waals surface area contributed by atoms with Crippen LogP contribution in [0.3, 0.4) is 0 Å². The monoisotopic (exact) mass is 363 g/mol. The van der Waals surface area contributed by atoms with E-state index in [1.165, 1.54) is 0 Å². The molecule has 1 aromatic carbocycles. The van der Waals surface area contributed by atoms with Crippen molar-refractivity contribution in [1.29, 1.82) is 0 Å². The molecule has 0 saturated carbocycles. The minimum absolute atomic E-state index is 0.116. The molecule has 0 bridgehead atoms. The average molecular weight is 364 g/mol. The Balaban J connectivity index is 1.91. The van der Waals surface area contributed by atoms with E-state index in [1.807, 2.05) is 25.1 Å². The van der Waals surface area contributed by atoms with Gasteiger partial charge in [0, 0.05) is 12.6 Å². The third-order valence-electron chi connectivity index (χ3n) is 4.75. The highest BCUT2D eigenvalue weighted by Gasteiger charge is 2.20.